The zero-order valence-corrected chi connectivity index (χ0v) is 13.2. The van der Waals surface area contributed by atoms with Gasteiger partial charge < -0.3 is 10.0 Å². The maximum absolute atomic E-state index is 11.3. The Morgan fingerprint density at radius 3 is 1.57 bits per heavy atom. The SMILES string of the molecule is C[C@H](N(C)C)C(O)(Cc1ccccc1)Cc1ccccc1. The van der Waals surface area contributed by atoms with Crippen LogP contribution in [0, 0.1) is 0 Å². The Morgan fingerprint density at radius 2 is 1.24 bits per heavy atom. The fourth-order valence-corrected chi connectivity index (χ4v) is 2.74. The van der Waals surface area contributed by atoms with E-state index in [1.54, 1.807) is 0 Å². The summed E-state index contributed by atoms with van der Waals surface area (Å²) in [6, 6.07) is 20.5. The molecule has 0 radical (unpaired) electrons. The van der Waals surface area contributed by atoms with E-state index in [9.17, 15) is 5.11 Å². The summed E-state index contributed by atoms with van der Waals surface area (Å²) in [4.78, 5) is 2.09. The third-order valence-electron chi connectivity index (χ3n) is 4.26. The number of benzene rings is 2. The predicted molar refractivity (Wildman–Crippen MR) is 88.4 cm³/mol. The highest BCUT2D eigenvalue weighted by Gasteiger charge is 2.35. The highest BCUT2D eigenvalue weighted by molar-refractivity contribution is 5.22. The molecular weight excluding hydrogens is 258 g/mol. The summed E-state index contributed by atoms with van der Waals surface area (Å²) in [5.41, 5.74) is 1.56. The quantitative estimate of drug-likeness (QED) is 0.880. The van der Waals surface area contributed by atoms with Crippen molar-refractivity contribution in [1.82, 2.24) is 4.90 Å². The lowest BCUT2D eigenvalue weighted by atomic mass is 9.82. The van der Waals surface area contributed by atoms with Crippen molar-refractivity contribution in [2.75, 3.05) is 14.1 Å². The van der Waals surface area contributed by atoms with Crippen LogP contribution in [0.25, 0.3) is 0 Å². The van der Waals surface area contributed by atoms with E-state index >= 15 is 0 Å². The van der Waals surface area contributed by atoms with E-state index in [4.69, 9.17) is 0 Å². The van der Waals surface area contributed by atoms with Crippen LogP contribution in [0.3, 0.4) is 0 Å². The van der Waals surface area contributed by atoms with Crippen LogP contribution in [-0.2, 0) is 12.8 Å². The summed E-state index contributed by atoms with van der Waals surface area (Å²) < 4.78 is 0. The minimum Gasteiger partial charge on any atom is -0.388 e. The Balaban J connectivity index is 2.26. The van der Waals surface area contributed by atoms with Gasteiger partial charge in [0.1, 0.15) is 0 Å². The van der Waals surface area contributed by atoms with Gasteiger partial charge in [0.25, 0.3) is 0 Å². The van der Waals surface area contributed by atoms with Crippen LogP contribution in [0.1, 0.15) is 18.1 Å². The van der Waals surface area contributed by atoms with Gasteiger partial charge in [-0.15, -0.1) is 0 Å². The minimum absolute atomic E-state index is 0.0675. The Kier molecular flexibility index (Phi) is 5.16. The maximum atomic E-state index is 11.3. The lowest BCUT2D eigenvalue weighted by molar-refractivity contribution is -0.0257. The molecular formula is C19H25NO. The molecule has 0 amide bonds. The van der Waals surface area contributed by atoms with Gasteiger partial charge in [-0.1, -0.05) is 60.7 Å². The van der Waals surface area contributed by atoms with Crippen molar-refractivity contribution in [1.29, 1.82) is 0 Å². The van der Waals surface area contributed by atoms with Crippen LogP contribution in [0.4, 0.5) is 0 Å². The summed E-state index contributed by atoms with van der Waals surface area (Å²) >= 11 is 0. The summed E-state index contributed by atoms with van der Waals surface area (Å²) in [7, 11) is 4.04. The van der Waals surface area contributed by atoms with Crippen molar-refractivity contribution in [3.8, 4) is 0 Å². The molecule has 1 N–H and O–H groups in total. The lowest BCUT2D eigenvalue weighted by Gasteiger charge is -2.38. The van der Waals surface area contributed by atoms with Crippen LogP contribution in [0.2, 0.25) is 0 Å². The van der Waals surface area contributed by atoms with Gasteiger partial charge in [0.2, 0.25) is 0 Å². The summed E-state index contributed by atoms with van der Waals surface area (Å²) in [6.45, 7) is 2.09. The first-order chi connectivity index (χ1) is 10.0. The zero-order chi connectivity index (χ0) is 15.3. The third-order valence-corrected chi connectivity index (χ3v) is 4.26. The van der Waals surface area contributed by atoms with Crippen LogP contribution in [-0.4, -0.2) is 35.7 Å². The molecule has 2 rings (SSSR count). The fraction of sp³-hybridized carbons (Fsp3) is 0.368. The Morgan fingerprint density at radius 1 is 0.857 bits per heavy atom. The molecule has 0 saturated carbocycles. The molecule has 0 heterocycles. The third kappa shape index (κ3) is 4.16. The van der Waals surface area contributed by atoms with Crippen LogP contribution < -0.4 is 0 Å². The Labute approximate surface area is 128 Å². The number of hydrogen-bond donors (Lipinski definition) is 1. The molecule has 0 aliphatic carbocycles. The van der Waals surface area contributed by atoms with Crippen LogP contribution in [0.15, 0.2) is 60.7 Å². The van der Waals surface area contributed by atoms with Crippen molar-refractivity contribution in [3.63, 3.8) is 0 Å². The van der Waals surface area contributed by atoms with Gasteiger partial charge in [0.05, 0.1) is 5.60 Å². The van der Waals surface area contributed by atoms with Crippen molar-refractivity contribution < 1.29 is 5.11 Å². The van der Waals surface area contributed by atoms with Crippen molar-refractivity contribution in [2.45, 2.75) is 31.4 Å². The monoisotopic (exact) mass is 283 g/mol. The maximum Gasteiger partial charge on any atom is 0.0879 e. The smallest absolute Gasteiger partial charge is 0.0879 e. The van der Waals surface area contributed by atoms with Crippen molar-refractivity contribution in [3.05, 3.63) is 71.8 Å². The second-order valence-electron chi connectivity index (χ2n) is 6.07. The zero-order valence-electron chi connectivity index (χ0n) is 13.2. The van der Waals surface area contributed by atoms with E-state index in [-0.39, 0.29) is 6.04 Å². The highest BCUT2D eigenvalue weighted by Crippen LogP contribution is 2.25. The lowest BCUT2D eigenvalue weighted by Crippen LogP contribution is -2.51. The van der Waals surface area contributed by atoms with Gasteiger partial charge in [-0.3, -0.25) is 0 Å². The largest absolute Gasteiger partial charge is 0.388 e. The molecule has 0 aromatic heterocycles. The van der Waals surface area contributed by atoms with E-state index in [0.717, 1.165) is 0 Å². The van der Waals surface area contributed by atoms with Gasteiger partial charge in [-0.2, -0.15) is 0 Å². The molecule has 0 saturated heterocycles. The van der Waals surface area contributed by atoms with Gasteiger partial charge >= 0.3 is 0 Å². The Bertz CT molecular complexity index is 495. The van der Waals surface area contributed by atoms with Gasteiger partial charge in [0.15, 0.2) is 0 Å². The predicted octanol–water partition coefficient (Wildman–Crippen LogP) is 3.15. The standard InChI is InChI=1S/C19H25NO/c1-16(20(2)3)19(21,14-17-10-6-4-7-11-17)15-18-12-8-5-9-13-18/h4-13,16,21H,14-15H2,1-3H3/t16-/m0/s1. The van der Waals surface area contributed by atoms with Crippen LogP contribution in [0.5, 0.6) is 0 Å². The molecule has 2 aromatic rings. The number of hydrogen-bond acceptors (Lipinski definition) is 2. The Hall–Kier alpha value is -1.64. The summed E-state index contributed by atoms with van der Waals surface area (Å²) in [5.74, 6) is 0. The van der Waals surface area contributed by atoms with E-state index in [1.165, 1.54) is 11.1 Å². The second-order valence-corrected chi connectivity index (χ2v) is 6.07. The van der Waals surface area contributed by atoms with E-state index in [2.05, 4.69) is 36.1 Å². The molecule has 0 spiro atoms. The fourth-order valence-electron chi connectivity index (χ4n) is 2.74. The molecule has 1 atom stereocenters. The normalized spacial score (nSPS) is 13.4. The van der Waals surface area contributed by atoms with E-state index < -0.39 is 5.60 Å². The van der Waals surface area contributed by atoms with Gasteiger partial charge in [-0.05, 0) is 32.1 Å². The van der Waals surface area contributed by atoms with Crippen molar-refractivity contribution in [2.24, 2.45) is 0 Å². The molecule has 21 heavy (non-hydrogen) atoms. The molecule has 0 fully saturated rings. The molecule has 2 nitrogen and oxygen atoms in total. The molecule has 0 bridgehead atoms. The van der Waals surface area contributed by atoms with E-state index in [1.807, 2.05) is 50.5 Å². The molecule has 0 aliphatic heterocycles. The number of rotatable bonds is 6. The average Bonchev–Trinajstić information content (AvgIpc) is 2.48. The van der Waals surface area contributed by atoms with E-state index in [0.29, 0.717) is 12.8 Å². The summed E-state index contributed by atoms with van der Waals surface area (Å²) in [6.07, 6.45) is 1.31. The number of aliphatic hydroxyl groups is 1. The first-order valence-corrected chi connectivity index (χ1v) is 7.48. The highest BCUT2D eigenvalue weighted by atomic mass is 16.3. The van der Waals surface area contributed by atoms with Gasteiger partial charge in [-0.25, -0.2) is 0 Å². The first kappa shape index (κ1) is 15.7. The summed E-state index contributed by atoms with van der Waals surface area (Å²) in [5, 5.41) is 11.3. The average molecular weight is 283 g/mol. The van der Waals surface area contributed by atoms with Crippen molar-refractivity contribution >= 4 is 0 Å². The van der Waals surface area contributed by atoms with Crippen LogP contribution >= 0.6 is 0 Å². The number of nitrogens with zero attached hydrogens (tertiary/aromatic N) is 1. The van der Waals surface area contributed by atoms with Gasteiger partial charge in [0, 0.05) is 18.9 Å². The molecule has 0 aliphatic rings. The number of likely N-dealkylation sites (N-methyl/N-ethyl adjacent to an activating group) is 1. The molecule has 2 heteroatoms. The first-order valence-electron chi connectivity index (χ1n) is 7.48. The topological polar surface area (TPSA) is 23.5 Å². The molecule has 2 aromatic carbocycles. The minimum atomic E-state index is -0.786. The molecule has 112 valence electrons. The second kappa shape index (κ2) is 6.88. The molecule has 0 unspecified atom stereocenters.